The number of hydroxylamine groups is 1. The molecule has 0 aliphatic carbocycles. The Morgan fingerprint density at radius 1 is 1.16 bits per heavy atom. The highest BCUT2D eigenvalue weighted by atomic mass is 16.5. The Labute approximate surface area is 149 Å². The summed E-state index contributed by atoms with van der Waals surface area (Å²) >= 11 is 0. The zero-order valence-electron chi connectivity index (χ0n) is 14.8. The molecule has 6 heteroatoms. The number of carbonyl (C=O) groups is 2. The van der Waals surface area contributed by atoms with Gasteiger partial charge in [-0.2, -0.15) is 0 Å². The molecule has 0 spiro atoms. The van der Waals surface area contributed by atoms with E-state index in [2.05, 4.69) is 11.2 Å². The maximum absolute atomic E-state index is 12.0. The molecule has 1 aromatic carbocycles. The van der Waals surface area contributed by atoms with Gasteiger partial charge in [-0.05, 0) is 37.6 Å². The second kappa shape index (κ2) is 12.1. The first-order chi connectivity index (χ1) is 12.0. The van der Waals surface area contributed by atoms with E-state index in [1.165, 1.54) is 0 Å². The Morgan fingerprint density at radius 2 is 1.84 bits per heavy atom. The summed E-state index contributed by atoms with van der Waals surface area (Å²) in [6.45, 7) is 1.31. The monoisotopic (exact) mass is 345 g/mol. The molecule has 1 rings (SSSR count). The number of benzene rings is 1. The van der Waals surface area contributed by atoms with Crippen molar-refractivity contribution in [3.63, 3.8) is 0 Å². The van der Waals surface area contributed by atoms with Gasteiger partial charge >= 0.3 is 0 Å². The number of unbranched alkanes of at least 4 members (excludes halogenated alkanes) is 3. The zero-order valence-corrected chi connectivity index (χ0v) is 14.8. The van der Waals surface area contributed by atoms with E-state index >= 15 is 0 Å². The van der Waals surface area contributed by atoms with Crippen LogP contribution >= 0.6 is 0 Å². The average Bonchev–Trinajstić information content (AvgIpc) is 2.58. The minimum Gasteiger partial charge on any atom is -0.326 e. The molecule has 0 heterocycles. The highest BCUT2D eigenvalue weighted by molar-refractivity contribution is 5.90. The first-order valence-electron chi connectivity index (χ1n) is 8.49. The van der Waals surface area contributed by atoms with Crippen LogP contribution in [0.25, 0.3) is 0 Å². The van der Waals surface area contributed by atoms with Gasteiger partial charge in [-0.25, -0.2) is 5.48 Å². The molecule has 25 heavy (non-hydrogen) atoms. The van der Waals surface area contributed by atoms with Gasteiger partial charge in [0.05, 0.1) is 6.54 Å². The number of hydrogen-bond donors (Lipinski definition) is 3. The molecule has 0 atom stereocenters. The highest BCUT2D eigenvalue weighted by Crippen LogP contribution is 2.13. The predicted octanol–water partition coefficient (Wildman–Crippen LogP) is 2.54. The smallest absolute Gasteiger partial charge is 0.243 e. The summed E-state index contributed by atoms with van der Waals surface area (Å²) in [6, 6.07) is 7.75. The van der Waals surface area contributed by atoms with Crippen molar-refractivity contribution in [1.82, 2.24) is 10.4 Å². The maximum atomic E-state index is 12.0. The third kappa shape index (κ3) is 9.50. The minimum atomic E-state index is -0.370. The SMILES string of the molecule is C#CCN(C)Cc1cccc(NC(=O)CCCCCCC(=O)NO)c1. The molecule has 0 aliphatic heterocycles. The molecule has 0 radical (unpaired) electrons. The highest BCUT2D eigenvalue weighted by Gasteiger charge is 2.05. The number of amides is 2. The summed E-state index contributed by atoms with van der Waals surface area (Å²) in [5.74, 6) is 2.22. The van der Waals surface area contributed by atoms with Gasteiger partial charge in [0.15, 0.2) is 0 Å². The number of terminal acetylenes is 1. The molecule has 1 aromatic rings. The van der Waals surface area contributed by atoms with E-state index in [1.54, 1.807) is 5.48 Å². The van der Waals surface area contributed by atoms with Crippen molar-refractivity contribution in [3.8, 4) is 12.3 Å². The fourth-order valence-electron chi connectivity index (χ4n) is 2.47. The normalized spacial score (nSPS) is 10.3. The summed E-state index contributed by atoms with van der Waals surface area (Å²) in [4.78, 5) is 24.9. The largest absolute Gasteiger partial charge is 0.326 e. The van der Waals surface area contributed by atoms with Gasteiger partial charge in [-0.3, -0.25) is 19.7 Å². The van der Waals surface area contributed by atoms with Crippen molar-refractivity contribution in [3.05, 3.63) is 29.8 Å². The van der Waals surface area contributed by atoms with E-state index in [-0.39, 0.29) is 11.8 Å². The molecule has 0 fully saturated rings. The van der Waals surface area contributed by atoms with Crippen molar-refractivity contribution in [1.29, 1.82) is 0 Å². The molecular formula is C19H27N3O3. The van der Waals surface area contributed by atoms with E-state index < -0.39 is 0 Å². The van der Waals surface area contributed by atoms with E-state index in [1.807, 2.05) is 36.2 Å². The van der Waals surface area contributed by atoms with Gasteiger partial charge in [0.25, 0.3) is 0 Å². The van der Waals surface area contributed by atoms with Crippen LogP contribution in [0.2, 0.25) is 0 Å². The van der Waals surface area contributed by atoms with Crippen molar-refractivity contribution in [2.24, 2.45) is 0 Å². The fourth-order valence-corrected chi connectivity index (χ4v) is 2.47. The van der Waals surface area contributed by atoms with Crippen molar-refractivity contribution >= 4 is 17.5 Å². The molecule has 0 aliphatic rings. The second-order valence-corrected chi connectivity index (χ2v) is 6.07. The van der Waals surface area contributed by atoms with Crippen LogP contribution in [0.3, 0.4) is 0 Å². The Bertz CT molecular complexity index is 596. The molecule has 0 bridgehead atoms. The number of nitrogens with zero attached hydrogens (tertiary/aromatic N) is 1. The molecule has 0 saturated carbocycles. The quantitative estimate of drug-likeness (QED) is 0.249. The Kier molecular flexibility index (Phi) is 9.98. The van der Waals surface area contributed by atoms with E-state index in [9.17, 15) is 9.59 Å². The number of hydrogen-bond acceptors (Lipinski definition) is 4. The third-order valence-electron chi connectivity index (χ3n) is 3.71. The Hall–Kier alpha value is -2.36. The maximum Gasteiger partial charge on any atom is 0.243 e. The van der Waals surface area contributed by atoms with Crippen molar-refractivity contribution in [2.45, 2.75) is 45.1 Å². The molecule has 136 valence electrons. The van der Waals surface area contributed by atoms with E-state index in [0.717, 1.165) is 37.1 Å². The average molecular weight is 345 g/mol. The number of anilines is 1. The van der Waals surface area contributed by atoms with Crippen LogP contribution in [-0.2, 0) is 16.1 Å². The summed E-state index contributed by atoms with van der Waals surface area (Å²) in [7, 11) is 1.95. The summed E-state index contributed by atoms with van der Waals surface area (Å²) in [6.07, 6.45) is 9.28. The molecule has 0 aromatic heterocycles. The lowest BCUT2D eigenvalue weighted by molar-refractivity contribution is -0.129. The lowest BCUT2D eigenvalue weighted by Gasteiger charge is -2.14. The van der Waals surface area contributed by atoms with Gasteiger partial charge < -0.3 is 5.32 Å². The molecular weight excluding hydrogens is 318 g/mol. The topological polar surface area (TPSA) is 81.7 Å². The Balaban J connectivity index is 2.28. The van der Waals surface area contributed by atoms with Crippen LogP contribution in [0.15, 0.2) is 24.3 Å². The van der Waals surface area contributed by atoms with Crippen LogP contribution in [0, 0.1) is 12.3 Å². The summed E-state index contributed by atoms with van der Waals surface area (Å²) in [5.41, 5.74) is 3.49. The number of nitrogens with one attached hydrogen (secondary N) is 2. The zero-order chi connectivity index (χ0) is 18.5. The van der Waals surface area contributed by atoms with E-state index in [4.69, 9.17) is 11.6 Å². The molecule has 6 nitrogen and oxygen atoms in total. The first-order valence-corrected chi connectivity index (χ1v) is 8.49. The van der Waals surface area contributed by atoms with Crippen LogP contribution in [0.5, 0.6) is 0 Å². The van der Waals surface area contributed by atoms with Gasteiger partial charge in [-0.15, -0.1) is 6.42 Å². The van der Waals surface area contributed by atoms with Gasteiger partial charge in [0.1, 0.15) is 0 Å². The van der Waals surface area contributed by atoms with Crippen LogP contribution in [0.1, 0.15) is 44.1 Å². The van der Waals surface area contributed by atoms with Gasteiger partial charge in [-0.1, -0.05) is 30.9 Å². The fraction of sp³-hybridized carbons (Fsp3) is 0.474. The minimum absolute atomic E-state index is 0.0118. The lowest BCUT2D eigenvalue weighted by atomic mass is 10.1. The first kappa shape index (κ1) is 20.7. The van der Waals surface area contributed by atoms with Gasteiger partial charge in [0.2, 0.25) is 11.8 Å². The molecule has 2 amide bonds. The standard InChI is InChI=1S/C19H27N3O3/c1-3-13-22(2)15-16-9-8-10-17(14-16)20-18(23)11-6-4-5-7-12-19(24)21-25/h1,8-10,14,25H,4-7,11-13,15H2,2H3,(H,20,23)(H,21,24). The van der Waals surface area contributed by atoms with Gasteiger partial charge in [0, 0.05) is 25.1 Å². The van der Waals surface area contributed by atoms with Crippen molar-refractivity contribution in [2.75, 3.05) is 18.9 Å². The molecule has 3 N–H and O–H groups in total. The van der Waals surface area contributed by atoms with E-state index in [0.29, 0.717) is 25.8 Å². The second-order valence-electron chi connectivity index (χ2n) is 6.07. The predicted molar refractivity (Wildman–Crippen MR) is 97.9 cm³/mol. The van der Waals surface area contributed by atoms with Crippen molar-refractivity contribution < 1.29 is 14.8 Å². The van der Waals surface area contributed by atoms with Crippen LogP contribution in [0.4, 0.5) is 5.69 Å². The molecule has 0 saturated heterocycles. The lowest BCUT2D eigenvalue weighted by Crippen LogP contribution is -2.18. The van der Waals surface area contributed by atoms with Crippen LogP contribution in [-0.4, -0.2) is 35.5 Å². The third-order valence-corrected chi connectivity index (χ3v) is 3.71. The Morgan fingerprint density at radius 3 is 2.48 bits per heavy atom. The number of rotatable bonds is 11. The van der Waals surface area contributed by atoms with Crippen LogP contribution < -0.4 is 10.8 Å². The summed E-state index contributed by atoms with van der Waals surface area (Å²) in [5, 5.41) is 11.3. The molecule has 0 unspecified atom stereocenters. The number of carbonyl (C=O) groups excluding carboxylic acids is 2. The summed E-state index contributed by atoms with van der Waals surface area (Å²) < 4.78 is 0.